The molecule has 2 aromatic rings. The van der Waals surface area contributed by atoms with E-state index in [1.165, 1.54) is 23.3 Å². The van der Waals surface area contributed by atoms with Gasteiger partial charge in [-0.3, -0.25) is 0 Å². The largest absolute Gasteiger partial charge is 0.481 e. The van der Waals surface area contributed by atoms with Gasteiger partial charge in [-0.15, -0.1) is 11.3 Å². The maximum absolute atomic E-state index is 5.16. The maximum atomic E-state index is 5.16. The second-order valence-electron chi connectivity index (χ2n) is 4.92. The zero-order valence-corrected chi connectivity index (χ0v) is 11.8. The minimum atomic E-state index is 0.499. The van der Waals surface area contributed by atoms with E-state index in [1.807, 2.05) is 23.5 Å². The van der Waals surface area contributed by atoms with Gasteiger partial charge in [0.05, 0.1) is 7.11 Å². The molecule has 2 heterocycles. The summed E-state index contributed by atoms with van der Waals surface area (Å²) in [4.78, 5) is 5.58. The predicted octanol–water partition coefficient (Wildman–Crippen LogP) is 3.39. The topological polar surface area (TPSA) is 34.1 Å². The molecule has 0 saturated heterocycles. The quantitative estimate of drug-likeness (QED) is 0.876. The highest BCUT2D eigenvalue weighted by molar-refractivity contribution is 7.10. The molecule has 4 heteroatoms. The van der Waals surface area contributed by atoms with Crippen LogP contribution in [-0.2, 0) is 6.54 Å². The molecule has 1 N–H and O–H groups in total. The molecule has 0 radical (unpaired) electrons. The molecule has 0 aliphatic heterocycles. The van der Waals surface area contributed by atoms with E-state index in [1.54, 1.807) is 13.3 Å². The van der Waals surface area contributed by atoms with Crippen LogP contribution in [0.3, 0.4) is 0 Å². The molecule has 0 aromatic carbocycles. The molecule has 1 aliphatic carbocycles. The van der Waals surface area contributed by atoms with Crippen LogP contribution < -0.4 is 10.1 Å². The lowest BCUT2D eigenvalue weighted by Gasteiger charge is -2.17. The molecule has 0 spiro atoms. The molecule has 2 aromatic heterocycles. The smallest absolute Gasteiger partial charge is 0.213 e. The van der Waals surface area contributed by atoms with Crippen LogP contribution in [0.15, 0.2) is 35.8 Å². The highest BCUT2D eigenvalue weighted by atomic mass is 32.1. The fraction of sp³-hybridized carbons (Fsp3) is 0.400. The number of hydrogen-bond donors (Lipinski definition) is 1. The van der Waals surface area contributed by atoms with Crippen molar-refractivity contribution in [3.63, 3.8) is 0 Å². The number of nitrogens with one attached hydrogen (secondary N) is 1. The number of methoxy groups -OCH3 is 1. The van der Waals surface area contributed by atoms with Crippen LogP contribution >= 0.6 is 11.3 Å². The Hall–Kier alpha value is -1.39. The van der Waals surface area contributed by atoms with E-state index in [0.29, 0.717) is 11.9 Å². The maximum Gasteiger partial charge on any atom is 0.213 e. The van der Waals surface area contributed by atoms with Crippen LogP contribution in [0.2, 0.25) is 0 Å². The van der Waals surface area contributed by atoms with Crippen LogP contribution in [0, 0.1) is 5.92 Å². The predicted molar refractivity (Wildman–Crippen MR) is 77.4 cm³/mol. The average molecular weight is 274 g/mol. The minimum Gasteiger partial charge on any atom is -0.481 e. The first kappa shape index (κ1) is 12.6. The lowest BCUT2D eigenvalue weighted by molar-refractivity contribution is 0.396. The zero-order valence-electron chi connectivity index (χ0n) is 11.0. The second-order valence-corrected chi connectivity index (χ2v) is 5.90. The van der Waals surface area contributed by atoms with Crippen molar-refractivity contribution in [3.8, 4) is 5.88 Å². The molecule has 1 unspecified atom stereocenters. The Kier molecular flexibility index (Phi) is 3.80. The van der Waals surface area contributed by atoms with Gasteiger partial charge in [-0.05, 0) is 41.8 Å². The lowest BCUT2D eigenvalue weighted by Crippen LogP contribution is -2.21. The summed E-state index contributed by atoms with van der Waals surface area (Å²) in [6.45, 7) is 0.859. The molecule has 3 nitrogen and oxygen atoms in total. The molecule has 19 heavy (non-hydrogen) atoms. The number of rotatable bonds is 6. The number of nitrogens with zero attached hydrogens (tertiary/aromatic N) is 1. The fourth-order valence-corrected chi connectivity index (χ4v) is 3.19. The summed E-state index contributed by atoms with van der Waals surface area (Å²) in [5.41, 5.74) is 1.22. The van der Waals surface area contributed by atoms with Crippen LogP contribution in [0.5, 0.6) is 5.88 Å². The zero-order chi connectivity index (χ0) is 13.1. The van der Waals surface area contributed by atoms with Gasteiger partial charge in [-0.25, -0.2) is 4.98 Å². The minimum absolute atomic E-state index is 0.499. The standard InChI is InChI=1S/C15H18N2OS/c1-18-14-9-11(6-7-16-14)10-17-15(12-4-5-12)13-3-2-8-19-13/h2-3,6-9,12,15,17H,4-5,10H2,1H3. The molecular weight excluding hydrogens is 256 g/mol. The van der Waals surface area contributed by atoms with E-state index in [4.69, 9.17) is 4.74 Å². The molecule has 1 saturated carbocycles. The number of thiophene rings is 1. The molecule has 1 atom stereocenters. The Morgan fingerprint density at radius 3 is 3.05 bits per heavy atom. The Morgan fingerprint density at radius 2 is 2.37 bits per heavy atom. The fourth-order valence-electron chi connectivity index (χ4n) is 2.30. The first-order valence-corrected chi connectivity index (χ1v) is 7.50. The number of pyridine rings is 1. The first-order valence-electron chi connectivity index (χ1n) is 6.62. The normalized spacial score (nSPS) is 16.3. The molecule has 0 amide bonds. The van der Waals surface area contributed by atoms with Crippen molar-refractivity contribution in [1.82, 2.24) is 10.3 Å². The number of aromatic nitrogens is 1. The molecule has 100 valence electrons. The van der Waals surface area contributed by atoms with E-state index in [-0.39, 0.29) is 0 Å². The monoisotopic (exact) mass is 274 g/mol. The van der Waals surface area contributed by atoms with Crippen LogP contribution in [0.1, 0.15) is 29.3 Å². The Bertz CT molecular complexity index is 523. The van der Waals surface area contributed by atoms with Crippen LogP contribution in [0.25, 0.3) is 0 Å². The molecule has 1 aliphatic rings. The van der Waals surface area contributed by atoms with Gasteiger partial charge in [-0.2, -0.15) is 0 Å². The van der Waals surface area contributed by atoms with Crippen molar-refractivity contribution in [2.45, 2.75) is 25.4 Å². The van der Waals surface area contributed by atoms with E-state index in [9.17, 15) is 0 Å². The summed E-state index contributed by atoms with van der Waals surface area (Å²) in [7, 11) is 1.65. The van der Waals surface area contributed by atoms with E-state index in [2.05, 4.69) is 27.8 Å². The van der Waals surface area contributed by atoms with Crippen LogP contribution in [-0.4, -0.2) is 12.1 Å². The van der Waals surface area contributed by atoms with Gasteiger partial charge in [0.25, 0.3) is 0 Å². The molecule has 1 fully saturated rings. The summed E-state index contributed by atoms with van der Waals surface area (Å²) in [5.74, 6) is 1.49. The summed E-state index contributed by atoms with van der Waals surface area (Å²) in [6.07, 6.45) is 4.48. The van der Waals surface area contributed by atoms with Gasteiger partial charge in [0.15, 0.2) is 0 Å². The molecule has 0 bridgehead atoms. The van der Waals surface area contributed by atoms with Gasteiger partial charge >= 0.3 is 0 Å². The Morgan fingerprint density at radius 1 is 1.47 bits per heavy atom. The van der Waals surface area contributed by atoms with Crippen LogP contribution in [0.4, 0.5) is 0 Å². The highest BCUT2D eigenvalue weighted by Crippen LogP contribution is 2.42. The third-order valence-electron chi connectivity index (χ3n) is 3.48. The van der Waals surface area contributed by atoms with Gasteiger partial charge < -0.3 is 10.1 Å². The third-order valence-corrected chi connectivity index (χ3v) is 4.43. The SMILES string of the molecule is COc1cc(CNC(c2cccs2)C2CC2)ccn1. The summed E-state index contributed by atoms with van der Waals surface area (Å²) in [5, 5.41) is 5.83. The second kappa shape index (κ2) is 5.72. The van der Waals surface area contributed by atoms with Crippen molar-refractivity contribution in [3.05, 3.63) is 46.3 Å². The molecule has 3 rings (SSSR count). The van der Waals surface area contributed by atoms with Gasteiger partial charge in [0.1, 0.15) is 0 Å². The van der Waals surface area contributed by atoms with Crippen molar-refractivity contribution < 1.29 is 4.74 Å². The Labute approximate surface area is 117 Å². The first-order chi connectivity index (χ1) is 9.36. The van der Waals surface area contributed by atoms with E-state index in [0.717, 1.165) is 12.5 Å². The van der Waals surface area contributed by atoms with Crippen molar-refractivity contribution in [1.29, 1.82) is 0 Å². The summed E-state index contributed by atoms with van der Waals surface area (Å²) >= 11 is 1.84. The van der Waals surface area contributed by atoms with E-state index < -0.39 is 0 Å². The number of hydrogen-bond acceptors (Lipinski definition) is 4. The van der Waals surface area contributed by atoms with Gasteiger partial charge in [-0.1, -0.05) is 6.07 Å². The van der Waals surface area contributed by atoms with Gasteiger partial charge in [0.2, 0.25) is 5.88 Å². The van der Waals surface area contributed by atoms with Crippen molar-refractivity contribution >= 4 is 11.3 Å². The third kappa shape index (κ3) is 3.14. The van der Waals surface area contributed by atoms with Crippen molar-refractivity contribution in [2.75, 3.05) is 7.11 Å². The van der Waals surface area contributed by atoms with E-state index >= 15 is 0 Å². The average Bonchev–Trinajstić information content (AvgIpc) is 3.14. The molecular formula is C15H18N2OS. The van der Waals surface area contributed by atoms with Gasteiger partial charge in [0, 0.05) is 29.7 Å². The highest BCUT2D eigenvalue weighted by Gasteiger charge is 2.32. The lowest BCUT2D eigenvalue weighted by atomic mass is 10.1. The number of ether oxygens (including phenoxy) is 1. The Balaban J connectivity index is 1.66. The van der Waals surface area contributed by atoms with Crippen molar-refractivity contribution in [2.24, 2.45) is 5.92 Å². The summed E-state index contributed by atoms with van der Waals surface area (Å²) < 4.78 is 5.16. The summed E-state index contributed by atoms with van der Waals surface area (Å²) in [6, 6.07) is 8.89.